The minimum Gasteiger partial charge on any atom is -0.353 e. The van der Waals surface area contributed by atoms with Gasteiger partial charge in [0.2, 0.25) is 5.91 Å². The summed E-state index contributed by atoms with van der Waals surface area (Å²) >= 11 is 0. The summed E-state index contributed by atoms with van der Waals surface area (Å²) in [6, 6.07) is 0.454. The van der Waals surface area contributed by atoms with Gasteiger partial charge in [-0.05, 0) is 38.6 Å². The van der Waals surface area contributed by atoms with E-state index in [0.29, 0.717) is 12.5 Å². The van der Waals surface area contributed by atoms with Gasteiger partial charge in [0.05, 0.1) is 0 Å². The highest BCUT2D eigenvalue weighted by Gasteiger charge is 2.34. The second-order valence-corrected chi connectivity index (χ2v) is 6.11. The highest BCUT2D eigenvalue weighted by molar-refractivity contribution is 5.77. The van der Waals surface area contributed by atoms with Gasteiger partial charge in [0.25, 0.3) is 0 Å². The van der Waals surface area contributed by atoms with Gasteiger partial charge in [-0.1, -0.05) is 26.2 Å². The van der Waals surface area contributed by atoms with E-state index in [-0.39, 0.29) is 11.4 Å². The number of hydrogen-bond donors (Lipinski definition) is 2. The third-order valence-corrected chi connectivity index (χ3v) is 4.58. The first-order chi connectivity index (χ1) is 8.13. The number of nitrogens with one attached hydrogen (secondary N) is 2. The summed E-state index contributed by atoms with van der Waals surface area (Å²) < 4.78 is 0. The van der Waals surface area contributed by atoms with E-state index in [9.17, 15) is 4.79 Å². The lowest BCUT2D eigenvalue weighted by atomic mass is 9.78. The first kappa shape index (κ1) is 12.9. The third kappa shape index (κ3) is 3.21. The van der Waals surface area contributed by atoms with Crippen molar-refractivity contribution in [2.24, 2.45) is 5.92 Å². The van der Waals surface area contributed by atoms with E-state index in [0.717, 1.165) is 31.6 Å². The topological polar surface area (TPSA) is 41.1 Å². The molecule has 2 aliphatic carbocycles. The van der Waals surface area contributed by atoms with Gasteiger partial charge in [0.15, 0.2) is 0 Å². The standard InChI is InChI=1S/C14H26N2O/c1-11-8-12(9-11)16-13(17)10-14(15-2)6-4-3-5-7-14/h11-12,15H,3-10H2,1-2H3,(H,16,17). The van der Waals surface area contributed by atoms with Crippen LogP contribution in [-0.4, -0.2) is 24.5 Å². The molecule has 0 aliphatic heterocycles. The molecule has 0 aromatic rings. The fraction of sp³-hybridized carbons (Fsp3) is 0.929. The Balaban J connectivity index is 1.79. The van der Waals surface area contributed by atoms with Crippen molar-refractivity contribution < 1.29 is 4.79 Å². The van der Waals surface area contributed by atoms with Crippen molar-refractivity contribution in [3.8, 4) is 0 Å². The van der Waals surface area contributed by atoms with Gasteiger partial charge in [-0.2, -0.15) is 0 Å². The minimum absolute atomic E-state index is 0.0810. The van der Waals surface area contributed by atoms with Crippen LogP contribution in [0.3, 0.4) is 0 Å². The molecule has 0 radical (unpaired) electrons. The smallest absolute Gasteiger partial charge is 0.222 e. The van der Waals surface area contributed by atoms with E-state index in [1.165, 1.54) is 19.3 Å². The maximum atomic E-state index is 12.0. The molecule has 0 spiro atoms. The van der Waals surface area contributed by atoms with Crippen molar-refractivity contribution >= 4 is 5.91 Å². The van der Waals surface area contributed by atoms with Crippen LogP contribution in [-0.2, 0) is 4.79 Å². The summed E-state index contributed by atoms with van der Waals surface area (Å²) in [4.78, 5) is 12.0. The molecule has 0 saturated heterocycles. The summed E-state index contributed by atoms with van der Waals surface area (Å²) in [5, 5.41) is 6.58. The van der Waals surface area contributed by atoms with Crippen LogP contribution in [0.15, 0.2) is 0 Å². The largest absolute Gasteiger partial charge is 0.353 e. The van der Waals surface area contributed by atoms with Crippen LogP contribution >= 0.6 is 0 Å². The van der Waals surface area contributed by atoms with Gasteiger partial charge in [0.1, 0.15) is 0 Å². The molecule has 17 heavy (non-hydrogen) atoms. The molecule has 3 heteroatoms. The zero-order valence-electron chi connectivity index (χ0n) is 11.2. The molecular weight excluding hydrogens is 212 g/mol. The summed E-state index contributed by atoms with van der Waals surface area (Å²) in [7, 11) is 2.00. The van der Waals surface area contributed by atoms with Crippen molar-refractivity contribution in [2.45, 2.75) is 69.9 Å². The van der Waals surface area contributed by atoms with Gasteiger partial charge in [-0.15, -0.1) is 0 Å². The van der Waals surface area contributed by atoms with Gasteiger partial charge in [-0.25, -0.2) is 0 Å². The van der Waals surface area contributed by atoms with Crippen molar-refractivity contribution in [3.63, 3.8) is 0 Å². The predicted octanol–water partition coefficient (Wildman–Crippen LogP) is 2.21. The molecule has 2 N–H and O–H groups in total. The summed E-state index contributed by atoms with van der Waals surface area (Å²) in [5.41, 5.74) is 0.0810. The Morgan fingerprint density at radius 2 is 1.88 bits per heavy atom. The lowest BCUT2D eigenvalue weighted by molar-refractivity contribution is -0.124. The average Bonchev–Trinajstić information content (AvgIpc) is 2.28. The van der Waals surface area contributed by atoms with E-state index in [1.807, 2.05) is 7.05 Å². The average molecular weight is 238 g/mol. The normalized spacial score (nSPS) is 31.6. The molecule has 2 aliphatic rings. The summed E-state index contributed by atoms with van der Waals surface area (Å²) in [5.74, 6) is 1.05. The molecule has 0 heterocycles. The highest BCUT2D eigenvalue weighted by atomic mass is 16.1. The number of carbonyl (C=O) groups excluding carboxylic acids is 1. The van der Waals surface area contributed by atoms with E-state index >= 15 is 0 Å². The van der Waals surface area contributed by atoms with Crippen LogP contribution in [0.2, 0.25) is 0 Å². The second-order valence-electron chi connectivity index (χ2n) is 6.11. The quantitative estimate of drug-likeness (QED) is 0.788. The van der Waals surface area contributed by atoms with Crippen LogP contribution in [0.5, 0.6) is 0 Å². The minimum atomic E-state index is 0.0810. The fourth-order valence-electron chi connectivity index (χ4n) is 3.35. The summed E-state index contributed by atoms with van der Waals surface area (Å²) in [6.07, 6.45) is 9.13. The van der Waals surface area contributed by atoms with Gasteiger partial charge >= 0.3 is 0 Å². The van der Waals surface area contributed by atoms with Crippen LogP contribution < -0.4 is 10.6 Å². The molecule has 0 atom stereocenters. The molecule has 1 amide bonds. The molecule has 0 aromatic heterocycles. The SMILES string of the molecule is CNC1(CC(=O)NC2CC(C)C2)CCCCC1. The molecule has 2 rings (SSSR count). The van der Waals surface area contributed by atoms with E-state index in [4.69, 9.17) is 0 Å². The first-order valence-corrected chi connectivity index (χ1v) is 7.12. The summed E-state index contributed by atoms with van der Waals surface area (Å²) in [6.45, 7) is 2.25. The van der Waals surface area contributed by atoms with Crippen LogP contribution in [0.25, 0.3) is 0 Å². The Morgan fingerprint density at radius 1 is 1.24 bits per heavy atom. The predicted molar refractivity (Wildman–Crippen MR) is 69.8 cm³/mol. The molecule has 0 aromatic carbocycles. The Bertz CT molecular complexity index is 265. The third-order valence-electron chi connectivity index (χ3n) is 4.58. The maximum Gasteiger partial charge on any atom is 0.222 e. The number of hydrogen-bond acceptors (Lipinski definition) is 2. The number of carbonyl (C=O) groups is 1. The lowest BCUT2D eigenvalue weighted by Crippen LogP contribution is -2.51. The zero-order valence-corrected chi connectivity index (χ0v) is 11.2. The van der Waals surface area contributed by atoms with E-state index < -0.39 is 0 Å². The van der Waals surface area contributed by atoms with E-state index in [2.05, 4.69) is 17.6 Å². The second kappa shape index (κ2) is 5.38. The Hall–Kier alpha value is -0.570. The molecule has 0 bridgehead atoms. The van der Waals surface area contributed by atoms with Crippen molar-refractivity contribution in [1.29, 1.82) is 0 Å². The Morgan fingerprint density at radius 3 is 2.41 bits per heavy atom. The Labute approximate surface area is 105 Å². The van der Waals surface area contributed by atoms with Crippen molar-refractivity contribution in [2.75, 3.05) is 7.05 Å². The first-order valence-electron chi connectivity index (χ1n) is 7.12. The zero-order chi connectivity index (χ0) is 12.3. The number of rotatable bonds is 4. The van der Waals surface area contributed by atoms with Crippen LogP contribution in [0, 0.1) is 5.92 Å². The molecule has 2 fully saturated rings. The van der Waals surface area contributed by atoms with Crippen LogP contribution in [0.4, 0.5) is 0 Å². The number of amides is 1. The van der Waals surface area contributed by atoms with E-state index in [1.54, 1.807) is 0 Å². The lowest BCUT2D eigenvalue weighted by Gasteiger charge is -2.38. The highest BCUT2D eigenvalue weighted by Crippen LogP contribution is 2.31. The van der Waals surface area contributed by atoms with Gasteiger partial charge in [-0.3, -0.25) is 4.79 Å². The van der Waals surface area contributed by atoms with Crippen LogP contribution in [0.1, 0.15) is 58.3 Å². The molecule has 2 saturated carbocycles. The van der Waals surface area contributed by atoms with Gasteiger partial charge in [0, 0.05) is 18.0 Å². The van der Waals surface area contributed by atoms with Crippen molar-refractivity contribution in [1.82, 2.24) is 10.6 Å². The molecule has 0 unspecified atom stereocenters. The molecule has 3 nitrogen and oxygen atoms in total. The monoisotopic (exact) mass is 238 g/mol. The maximum absolute atomic E-state index is 12.0. The Kier molecular flexibility index (Phi) is 4.08. The molecule has 98 valence electrons. The van der Waals surface area contributed by atoms with Gasteiger partial charge < -0.3 is 10.6 Å². The van der Waals surface area contributed by atoms with Crippen molar-refractivity contribution in [3.05, 3.63) is 0 Å². The molecular formula is C14H26N2O. The fourth-order valence-corrected chi connectivity index (χ4v) is 3.35.